The summed E-state index contributed by atoms with van der Waals surface area (Å²) < 4.78 is 51.2. The molecule has 0 N–H and O–H groups in total. The maximum absolute atomic E-state index is 14.1. The second-order valence-electron chi connectivity index (χ2n) is 6.90. The molecule has 6 nitrogen and oxygen atoms in total. The van der Waals surface area contributed by atoms with Gasteiger partial charge in [0.15, 0.2) is 0 Å². The topological polar surface area (TPSA) is 70.4 Å². The van der Waals surface area contributed by atoms with Gasteiger partial charge in [-0.2, -0.15) is 9.19 Å². The Kier molecular flexibility index (Phi) is 3.82. The minimum atomic E-state index is -3.63. The van der Waals surface area contributed by atoms with E-state index in [4.69, 9.17) is 9.31 Å². The zero-order chi connectivity index (χ0) is 17.9. The van der Waals surface area contributed by atoms with E-state index < -0.39 is 34.2 Å². The summed E-state index contributed by atoms with van der Waals surface area (Å²) in [6.07, 6.45) is 1.41. The van der Waals surface area contributed by atoms with Gasteiger partial charge in [-0.3, -0.25) is 0 Å². The van der Waals surface area contributed by atoms with Gasteiger partial charge in [0, 0.05) is 11.5 Å². The molecule has 0 spiro atoms. The minimum Gasteiger partial charge on any atom is -0.399 e. The highest BCUT2D eigenvalue weighted by molar-refractivity contribution is 7.89. The Balaban J connectivity index is 2.18. The van der Waals surface area contributed by atoms with Gasteiger partial charge in [0.25, 0.3) is 10.0 Å². The van der Waals surface area contributed by atoms with Crippen molar-refractivity contribution in [2.45, 2.75) is 45.8 Å². The summed E-state index contributed by atoms with van der Waals surface area (Å²) in [6, 6.07) is 2.46. The first-order valence-electron chi connectivity index (χ1n) is 7.74. The molecule has 0 saturated carbocycles. The third kappa shape index (κ3) is 2.55. The minimum absolute atomic E-state index is 0.133. The van der Waals surface area contributed by atoms with Crippen LogP contribution in [0, 0.1) is 5.82 Å². The Hall–Kier alpha value is -1.45. The summed E-state index contributed by atoms with van der Waals surface area (Å²) in [7, 11) is -4.42. The molecule has 0 atom stereocenters. The van der Waals surface area contributed by atoms with Gasteiger partial charge in [-0.05, 0) is 46.1 Å². The van der Waals surface area contributed by atoms with Gasteiger partial charge in [-0.15, -0.1) is 0 Å². The van der Waals surface area contributed by atoms with E-state index in [-0.39, 0.29) is 11.3 Å². The van der Waals surface area contributed by atoms with Gasteiger partial charge in [0.05, 0.1) is 28.7 Å². The van der Waals surface area contributed by atoms with Gasteiger partial charge in [-0.25, -0.2) is 12.8 Å². The number of fused-ring (bicyclic) bond motifs is 1. The van der Waals surface area contributed by atoms with Crippen LogP contribution in [0.2, 0.25) is 0 Å². The van der Waals surface area contributed by atoms with E-state index in [1.165, 1.54) is 19.2 Å². The molecule has 0 bridgehead atoms. The Bertz CT molecular complexity index is 892. The molecule has 1 aliphatic heterocycles. The van der Waals surface area contributed by atoms with Gasteiger partial charge in [0.1, 0.15) is 5.82 Å². The molecule has 2 aromatic rings. The van der Waals surface area contributed by atoms with Crippen molar-refractivity contribution in [3.8, 4) is 0 Å². The third-order valence-electron chi connectivity index (χ3n) is 4.79. The lowest BCUT2D eigenvalue weighted by molar-refractivity contribution is 0.00578. The third-order valence-corrected chi connectivity index (χ3v) is 6.34. The molecule has 1 aromatic heterocycles. The fourth-order valence-corrected chi connectivity index (χ4v) is 3.49. The summed E-state index contributed by atoms with van der Waals surface area (Å²) >= 11 is 0. The van der Waals surface area contributed by atoms with Crippen LogP contribution in [-0.2, 0) is 19.3 Å². The van der Waals surface area contributed by atoms with Crippen LogP contribution >= 0.6 is 0 Å². The van der Waals surface area contributed by atoms with Gasteiger partial charge >= 0.3 is 7.12 Å². The van der Waals surface area contributed by atoms with Crippen molar-refractivity contribution < 1.29 is 22.1 Å². The molecular weight excluding hydrogens is 334 g/mol. The molecule has 130 valence electrons. The standard InChI is InChI=1S/C15H20BFN2O4S/c1-6-24(20,21)19-13-8-10(17)7-12(11(13)9-18-19)16-22-14(2,3)15(4,5)23-16/h7-9H,6H2,1-5H3. The Morgan fingerprint density at radius 2 is 1.79 bits per heavy atom. The van der Waals surface area contributed by atoms with E-state index in [0.717, 1.165) is 10.2 Å². The quantitative estimate of drug-likeness (QED) is 0.785. The molecule has 0 radical (unpaired) electrons. The average molecular weight is 354 g/mol. The lowest BCUT2D eigenvalue weighted by Crippen LogP contribution is -2.41. The molecule has 0 amide bonds. The highest BCUT2D eigenvalue weighted by atomic mass is 32.2. The first-order valence-corrected chi connectivity index (χ1v) is 9.35. The maximum atomic E-state index is 14.1. The summed E-state index contributed by atoms with van der Waals surface area (Å²) in [4.78, 5) is 0. The number of hydrogen-bond donors (Lipinski definition) is 0. The number of aromatic nitrogens is 2. The van der Waals surface area contributed by atoms with Crippen LogP contribution in [0.3, 0.4) is 0 Å². The monoisotopic (exact) mass is 354 g/mol. The molecule has 2 heterocycles. The predicted octanol–water partition coefficient (Wildman–Crippen LogP) is 1.67. The molecule has 0 unspecified atom stereocenters. The fourth-order valence-electron chi connectivity index (χ4n) is 2.60. The van der Waals surface area contributed by atoms with Crippen LogP contribution in [0.5, 0.6) is 0 Å². The fraction of sp³-hybridized carbons (Fsp3) is 0.533. The summed E-state index contributed by atoms with van der Waals surface area (Å²) in [5.74, 6) is -0.702. The molecule has 24 heavy (non-hydrogen) atoms. The highest BCUT2D eigenvalue weighted by Gasteiger charge is 2.52. The van der Waals surface area contributed by atoms with E-state index >= 15 is 0 Å². The largest absolute Gasteiger partial charge is 0.495 e. The van der Waals surface area contributed by atoms with Crippen LogP contribution < -0.4 is 5.46 Å². The van der Waals surface area contributed by atoms with Crippen molar-refractivity contribution in [1.29, 1.82) is 0 Å². The van der Waals surface area contributed by atoms with Gasteiger partial charge < -0.3 is 9.31 Å². The van der Waals surface area contributed by atoms with Crippen LogP contribution in [0.15, 0.2) is 18.3 Å². The number of benzene rings is 1. The van der Waals surface area contributed by atoms with Gasteiger partial charge in [0.2, 0.25) is 0 Å². The van der Waals surface area contributed by atoms with E-state index in [1.54, 1.807) is 0 Å². The first-order chi connectivity index (χ1) is 11.0. The SMILES string of the molecule is CCS(=O)(=O)n1ncc2c(B3OC(C)(C)C(C)(C)O3)cc(F)cc21. The van der Waals surface area contributed by atoms with Gasteiger partial charge in [-0.1, -0.05) is 0 Å². The van der Waals surface area contributed by atoms with Crippen LogP contribution in [0.4, 0.5) is 4.39 Å². The van der Waals surface area contributed by atoms with Crippen molar-refractivity contribution in [2.75, 3.05) is 5.75 Å². The van der Waals surface area contributed by atoms with E-state index in [0.29, 0.717) is 10.8 Å². The Morgan fingerprint density at radius 3 is 2.33 bits per heavy atom. The molecule has 1 aromatic carbocycles. The smallest absolute Gasteiger partial charge is 0.399 e. The van der Waals surface area contributed by atoms with Crippen molar-refractivity contribution in [3.05, 3.63) is 24.1 Å². The zero-order valence-corrected chi connectivity index (χ0v) is 15.1. The first kappa shape index (κ1) is 17.4. The molecule has 1 saturated heterocycles. The second-order valence-corrected chi connectivity index (χ2v) is 8.99. The normalized spacial score (nSPS) is 20.0. The van der Waals surface area contributed by atoms with Crippen molar-refractivity contribution >= 4 is 33.5 Å². The second kappa shape index (κ2) is 5.27. The predicted molar refractivity (Wildman–Crippen MR) is 90.3 cm³/mol. The molecule has 3 rings (SSSR count). The molecule has 0 aliphatic carbocycles. The number of hydrogen-bond acceptors (Lipinski definition) is 5. The molecular formula is C15H20BFN2O4S. The zero-order valence-electron chi connectivity index (χ0n) is 14.3. The van der Waals surface area contributed by atoms with Crippen molar-refractivity contribution in [3.63, 3.8) is 0 Å². The summed E-state index contributed by atoms with van der Waals surface area (Å²) in [5, 5.41) is 4.43. The number of nitrogens with zero attached hydrogens (tertiary/aromatic N) is 2. The number of halogens is 1. The van der Waals surface area contributed by atoms with Crippen LogP contribution in [0.25, 0.3) is 10.9 Å². The summed E-state index contributed by atoms with van der Waals surface area (Å²) in [5.41, 5.74) is -0.549. The Morgan fingerprint density at radius 1 is 1.21 bits per heavy atom. The number of rotatable bonds is 3. The van der Waals surface area contributed by atoms with Crippen molar-refractivity contribution in [1.82, 2.24) is 9.19 Å². The van der Waals surface area contributed by atoms with Crippen LogP contribution in [0.1, 0.15) is 34.6 Å². The lowest BCUT2D eigenvalue weighted by atomic mass is 9.77. The lowest BCUT2D eigenvalue weighted by Gasteiger charge is -2.32. The van der Waals surface area contributed by atoms with E-state index in [1.807, 2.05) is 27.7 Å². The van der Waals surface area contributed by atoms with E-state index in [9.17, 15) is 12.8 Å². The molecule has 9 heteroatoms. The average Bonchev–Trinajstić information content (AvgIpc) is 2.97. The van der Waals surface area contributed by atoms with E-state index in [2.05, 4.69) is 5.10 Å². The Labute approximate surface area is 141 Å². The highest BCUT2D eigenvalue weighted by Crippen LogP contribution is 2.37. The van der Waals surface area contributed by atoms with Crippen LogP contribution in [-0.4, -0.2) is 41.7 Å². The maximum Gasteiger partial charge on any atom is 0.495 e. The molecule has 1 aliphatic rings. The summed E-state index contributed by atoms with van der Waals surface area (Å²) in [6.45, 7) is 9.10. The molecule has 1 fully saturated rings. The van der Waals surface area contributed by atoms with Crippen molar-refractivity contribution in [2.24, 2.45) is 0 Å².